The summed E-state index contributed by atoms with van der Waals surface area (Å²) in [7, 11) is 1.60. The predicted octanol–water partition coefficient (Wildman–Crippen LogP) is 0.707. The molecular formula is C11H18N4O2S. The van der Waals surface area contributed by atoms with Crippen molar-refractivity contribution in [1.82, 2.24) is 20.1 Å². The van der Waals surface area contributed by atoms with Gasteiger partial charge in [0, 0.05) is 20.2 Å². The fraction of sp³-hybridized carbons (Fsp3) is 0.545. The maximum Gasteiger partial charge on any atom is 0.233 e. The Morgan fingerprint density at radius 2 is 2.56 bits per heavy atom. The fourth-order valence-corrected chi connectivity index (χ4v) is 2.09. The van der Waals surface area contributed by atoms with Gasteiger partial charge in [0.25, 0.3) is 0 Å². The molecule has 0 fully saturated rings. The van der Waals surface area contributed by atoms with Crippen LogP contribution in [0.1, 0.15) is 6.92 Å². The molecule has 1 amide bonds. The number of nitrogens with zero attached hydrogens (tertiary/aromatic N) is 3. The molecule has 18 heavy (non-hydrogen) atoms. The number of thioether (sulfide) groups is 1. The van der Waals surface area contributed by atoms with E-state index in [1.54, 1.807) is 19.5 Å². The van der Waals surface area contributed by atoms with Crippen molar-refractivity contribution in [1.29, 1.82) is 0 Å². The number of hydrogen-bond acceptors (Lipinski definition) is 5. The Labute approximate surface area is 111 Å². The van der Waals surface area contributed by atoms with E-state index in [9.17, 15) is 4.79 Å². The maximum atomic E-state index is 11.7. The van der Waals surface area contributed by atoms with Gasteiger partial charge in [-0.25, -0.2) is 0 Å². The molecule has 1 N–H and O–H groups in total. The number of allylic oxidation sites excluding steroid dienone is 1. The zero-order valence-corrected chi connectivity index (χ0v) is 11.4. The number of nitrogens with one attached hydrogen (secondary N) is 1. The second-order valence-corrected chi connectivity index (χ2v) is 4.91. The molecule has 1 atom stereocenters. The van der Waals surface area contributed by atoms with Gasteiger partial charge in [-0.3, -0.25) is 4.79 Å². The van der Waals surface area contributed by atoms with E-state index in [-0.39, 0.29) is 11.2 Å². The average Bonchev–Trinajstić information content (AvgIpc) is 2.77. The van der Waals surface area contributed by atoms with Crippen molar-refractivity contribution in [2.24, 2.45) is 0 Å². The van der Waals surface area contributed by atoms with Gasteiger partial charge in [0.2, 0.25) is 5.91 Å². The average molecular weight is 270 g/mol. The minimum atomic E-state index is -0.227. The van der Waals surface area contributed by atoms with Crippen LogP contribution in [0.15, 0.2) is 24.1 Å². The summed E-state index contributed by atoms with van der Waals surface area (Å²) in [5, 5.41) is 11.1. The molecule has 0 bridgehead atoms. The van der Waals surface area contributed by atoms with Crippen LogP contribution in [0.2, 0.25) is 0 Å². The van der Waals surface area contributed by atoms with Crippen LogP contribution in [0, 0.1) is 0 Å². The molecule has 0 aliphatic carbocycles. The predicted molar refractivity (Wildman–Crippen MR) is 70.4 cm³/mol. The van der Waals surface area contributed by atoms with Crippen LogP contribution in [-0.2, 0) is 16.1 Å². The molecular weight excluding hydrogens is 252 g/mol. The van der Waals surface area contributed by atoms with Crippen LogP contribution >= 0.6 is 11.8 Å². The standard InChI is InChI=1S/C11H18N4O2S/c1-4-6-15-8-13-14-11(15)18-9(2)10(16)12-5-7-17-3/h4,8-9H,1,5-7H2,2-3H3,(H,12,16)/t9-/m0/s1. The first-order valence-corrected chi connectivity index (χ1v) is 6.49. The van der Waals surface area contributed by atoms with Crippen molar-refractivity contribution in [2.45, 2.75) is 23.9 Å². The molecule has 1 aromatic rings. The lowest BCUT2D eigenvalue weighted by molar-refractivity contribution is -0.120. The summed E-state index contributed by atoms with van der Waals surface area (Å²) < 4.78 is 6.71. The number of rotatable bonds is 8. The Balaban J connectivity index is 2.47. The summed E-state index contributed by atoms with van der Waals surface area (Å²) in [5.74, 6) is -0.0368. The number of aromatic nitrogens is 3. The van der Waals surface area contributed by atoms with Gasteiger partial charge in [0.1, 0.15) is 6.33 Å². The van der Waals surface area contributed by atoms with Crippen molar-refractivity contribution < 1.29 is 9.53 Å². The van der Waals surface area contributed by atoms with Gasteiger partial charge in [0.05, 0.1) is 11.9 Å². The molecule has 1 heterocycles. The van der Waals surface area contributed by atoms with Gasteiger partial charge in [-0.05, 0) is 6.92 Å². The zero-order chi connectivity index (χ0) is 13.4. The van der Waals surface area contributed by atoms with E-state index < -0.39 is 0 Å². The Hall–Kier alpha value is -1.34. The fourth-order valence-electron chi connectivity index (χ4n) is 1.23. The van der Waals surface area contributed by atoms with Crippen molar-refractivity contribution in [3.63, 3.8) is 0 Å². The number of methoxy groups -OCH3 is 1. The van der Waals surface area contributed by atoms with Gasteiger partial charge >= 0.3 is 0 Å². The van der Waals surface area contributed by atoms with Crippen LogP contribution in [0.3, 0.4) is 0 Å². The van der Waals surface area contributed by atoms with Gasteiger partial charge in [-0.1, -0.05) is 17.8 Å². The highest BCUT2D eigenvalue weighted by atomic mass is 32.2. The zero-order valence-electron chi connectivity index (χ0n) is 10.6. The van der Waals surface area contributed by atoms with Crippen molar-refractivity contribution >= 4 is 17.7 Å². The van der Waals surface area contributed by atoms with Crippen LogP contribution in [-0.4, -0.2) is 46.2 Å². The number of hydrogen-bond donors (Lipinski definition) is 1. The van der Waals surface area contributed by atoms with Crippen molar-refractivity contribution in [3.8, 4) is 0 Å². The molecule has 1 aromatic heterocycles. The molecule has 0 radical (unpaired) electrons. The van der Waals surface area contributed by atoms with E-state index in [0.29, 0.717) is 24.9 Å². The van der Waals surface area contributed by atoms with Crippen LogP contribution < -0.4 is 5.32 Å². The van der Waals surface area contributed by atoms with Gasteiger partial charge < -0.3 is 14.6 Å². The molecule has 0 unspecified atom stereocenters. The number of carbonyl (C=O) groups excluding carboxylic acids is 1. The lowest BCUT2D eigenvalue weighted by Crippen LogP contribution is -2.33. The lowest BCUT2D eigenvalue weighted by atomic mass is 10.4. The normalized spacial score (nSPS) is 12.1. The summed E-state index contributed by atoms with van der Waals surface area (Å²) in [5.41, 5.74) is 0. The third-order valence-corrected chi connectivity index (χ3v) is 3.26. The minimum Gasteiger partial charge on any atom is -0.383 e. The SMILES string of the molecule is C=CCn1cnnc1S[C@@H](C)C(=O)NCCOC. The topological polar surface area (TPSA) is 69.0 Å². The minimum absolute atomic E-state index is 0.0368. The molecule has 0 saturated heterocycles. The van der Waals surface area contributed by atoms with Crippen molar-refractivity contribution in [3.05, 3.63) is 19.0 Å². The molecule has 0 spiro atoms. The monoisotopic (exact) mass is 270 g/mol. The third kappa shape index (κ3) is 4.50. The summed E-state index contributed by atoms with van der Waals surface area (Å²) in [6.45, 7) is 7.15. The van der Waals surface area contributed by atoms with E-state index in [1.165, 1.54) is 11.8 Å². The summed E-state index contributed by atoms with van der Waals surface area (Å²) in [6.07, 6.45) is 3.39. The highest BCUT2D eigenvalue weighted by Crippen LogP contribution is 2.20. The van der Waals surface area contributed by atoms with E-state index in [2.05, 4.69) is 22.1 Å². The molecule has 7 heteroatoms. The quantitative estimate of drug-likeness (QED) is 0.428. The van der Waals surface area contributed by atoms with E-state index in [4.69, 9.17) is 4.74 Å². The molecule has 0 aliphatic rings. The summed E-state index contributed by atoms with van der Waals surface area (Å²) in [6, 6.07) is 0. The highest BCUT2D eigenvalue weighted by Gasteiger charge is 2.16. The molecule has 1 rings (SSSR count). The molecule has 6 nitrogen and oxygen atoms in total. The number of amides is 1. The second-order valence-electron chi connectivity index (χ2n) is 3.60. The highest BCUT2D eigenvalue weighted by molar-refractivity contribution is 8.00. The van der Waals surface area contributed by atoms with E-state index >= 15 is 0 Å². The molecule has 0 aromatic carbocycles. The van der Waals surface area contributed by atoms with Crippen molar-refractivity contribution in [2.75, 3.05) is 20.3 Å². The Morgan fingerprint density at radius 3 is 3.22 bits per heavy atom. The lowest BCUT2D eigenvalue weighted by Gasteiger charge is -2.11. The summed E-state index contributed by atoms with van der Waals surface area (Å²) >= 11 is 1.37. The first-order valence-electron chi connectivity index (χ1n) is 5.61. The van der Waals surface area contributed by atoms with Crippen LogP contribution in [0.25, 0.3) is 0 Å². The molecule has 0 saturated carbocycles. The van der Waals surface area contributed by atoms with Gasteiger partial charge in [-0.2, -0.15) is 0 Å². The van der Waals surface area contributed by atoms with Crippen LogP contribution in [0.4, 0.5) is 0 Å². The van der Waals surface area contributed by atoms with Crippen LogP contribution in [0.5, 0.6) is 0 Å². The number of ether oxygens (including phenoxy) is 1. The number of carbonyl (C=O) groups is 1. The second kappa shape index (κ2) is 7.88. The molecule has 0 aliphatic heterocycles. The molecule has 100 valence electrons. The Kier molecular flexibility index (Phi) is 6.45. The van der Waals surface area contributed by atoms with Gasteiger partial charge in [-0.15, -0.1) is 16.8 Å². The smallest absolute Gasteiger partial charge is 0.233 e. The maximum absolute atomic E-state index is 11.7. The Morgan fingerprint density at radius 1 is 1.78 bits per heavy atom. The van der Waals surface area contributed by atoms with E-state index in [0.717, 1.165) is 0 Å². The largest absolute Gasteiger partial charge is 0.383 e. The summed E-state index contributed by atoms with van der Waals surface area (Å²) in [4.78, 5) is 11.7. The first-order chi connectivity index (χ1) is 8.69. The van der Waals surface area contributed by atoms with Gasteiger partial charge in [0.15, 0.2) is 5.16 Å². The van der Waals surface area contributed by atoms with E-state index in [1.807, 2.05) is 11.5 Å². The Bertz CT molecular complexity index is 394. The third-order valence-electron chi connectivity index (χ3n) is 2.16. The first kappa shape index (κ1) is 14.7.